The summed E-state index contributed by atoms with van der Waals surface area (Å²) >= 11 is 0. The fraction of sp³-hybridized carbons (Fsp3) is 0.472. The fourth-order valence-electron chi connectivity index (χ4n) is 6.18. The van der Waals surface area contributed by atoms with Crippen molar-refractivity contribution >= 4 is 5.78 Å². The van der Waals surface area contributed by atoms with Gasteiger partial charge in [-0.3, -0.25) is 4.79 Å². The molecule has 0 unspecified atom stereocenters. The molecule has 44 heavy (non-hydrogen) atoms. The van der Waals surface area contributed by atoms with Crippen molar-refractivity contribution in [2.24, 2.45) is 0 Å². The Morgan fingerprint density at radius 3 is 2.16 bits per heavy atom. The van der Waals surface area contributed by atoms with Crippen LogP contribution in [0.3, 0.4) is 0 Å². The third-order valence-electron chi connectivity index (χ3n) is 8.65. The maximum atomic E-state index is 13.4. The third-order valence-corrected chi connectivity index (χ3v) is 8.65. The quantitative estimate of drug-likeness (QED) is 0.295. The monoisotopic (exact) mass is 602 g/mol. The number of ketones is 1. The molecular weight excluding hydrogens is 560 g/mol. The van der Waals surface area contributed by atoms with Crippen molar-refractivity contribution in [3.63, 3.8) is 0 Å². The van der Waals surface area contributed by atoms with Crippen LogP contribution < -0.4 is 0 Å². The van der Waals surface area contributed by atoms with E-state index in [0.717, 1.165) is 16.7 Å². The molecule has 0 aromatic heterocycles. The first-order valence-electron chi connectivity index (χ1n) is 15.7. The van der Waals surface area contributed by atoms with Crippen molar-refractivity contribution in [2.75, 3.05) is 13.2 Å². The van der Waals surface area contributed by atoms with Crippen molar-refractivity contribution < 1.29 is 38.3 Å². The van der Waals surface area contributed by atoms with Gasteiger partial charge in [0.1, 0.15) is 12.2 Å². The van der Waals surface area contributed by atoms with Crippen LogP contribution in [-0.4, -0.2) is 66.8 Å². The van der Waals surface area contributed by atoms with Gasteiger partial charge in [0.25, 0.3) is 0 Å². The van der Waals surface area contributed by atoms with E-state index in [0.29, 0.717) is 45.7 Å². The Morgan fingerprint density at radius 2 is 1.43 bits per heavy atom. The Hall–Kier alpha value is -2.95. The number of hydrogen-bond donors (Lipinski definition) is 1. The number of carbonyl (C=O) groups excluding carboxylic acids is 1. The standard InChI is InChI=1S/C36H42O8/c37-28-16-17-30-35(24-41-36(44-30)27-14-8-3-9-15-27)43-32(28)21-33-29(38)20-34(40-23-26-12-6-2-7-13-26)31(42-33)18-19-39-22-25-10-4-1-5-11-25/h1-15,28,30-37H,16-24H2/t28-,30+,31+,32+,33-,34-,35-,36-/m1/s1. The van der Waals surface area contributed by atoms with E-state index in [2.05, 4.69) is 0 Å². The summed E-state index contributed by atoms with van der Waals surface area (Å²) in [4.78, 5) is 13.4. The highest BCUT2D eigenvalue weighted by Gasteiger charge is 2.43. The molecule has 3 aliphatic rings. The maximum Gasteiger partial charge on any atom is 0.184 e. The van der Waals surface area contributed by atoms with Crippen LogP contribution in [0.4, 0.5) is 0 Å². The number of carbonyl (C=O) groups is 1. The molecule has 0 saturated carbocycles. The van der Waals surface area contributed by atoms with Gasteiger partial charge in [0.05, 0.1) is 50.3 Å². The van der Waals surface area contributed by atoms with E-state index in [-0.39, 0.29) is 36.9 Å². The van der Waals surface area contributed by atoms with E-state index in [4.69, 9.17) is 28.4 Å². The SMILES string of the molecule is O=C1C[C@@H](OCc2ccccc2)[C@H](CCOCc2ccccc2)O[C@@H]1C[C@@H]1O[C@@H]2CO[C@@H](c3ccccc3)O[C@H]2CC[C@H]1O. The largest absolute Gasteiger partial charge is 0.390 e. The molecule has 8 atom stereocenters. The maximum absolute atomic E-state index is 13.4. The van der Waals surface area contributed by atoms with E-state index < -0.39 is 30.7 Å². The Bertz CT molecular complexity index is 1290. The smallest absolute Gasteiger partial charge is 0.184 e. The van der Waals surface area contributed by atoms with Gasteiger partial charge in [0.2, 0.25) is 0 Å². The van der Waals surface area contributed by atoms with Crippen LogP contribution in [0.25, 0.3) is 0 Å². The number of benzene rings is 3. The summed E-state index contributed by atoms with van der Waals surface area (Å²) in [7, 11) is 0. The van der Waals surface area contributed by atoms with Gasteiger partial charge < -0.3 is 33.5 Å². The molecule has 6 rings (SSSR count). The molecule has 0 amide bonds. The predicted octanol–water partition coefficient (Wildman–Crippen LogP) is 5.32. The second-order valence-corrected chi connectivity index (χ2v) is 11.8. The van der Waals surface area contributed by atoms with E-state index in [1.165, 1.54) is 0 Å². The summed E-state index contributed by atoms with van der Waals surface area (Å²) in [5, 5.41) is 11.1. The minimum Gasteiger partial charge on any atom is -0.390 e. The molecule has 0 bridgehead atoms. The van der Waals surface area contributed by atoms with Gasteiger partial charge in [-0.15, -0.1) is 0 Å². The first kappa shape index (κ1) is 31.0. The summed E-state index contributed by atoms with van der Waals surface area (Å²) in [6.07, 6.45) is -1.51. The van der Waals surface area contributed by atoms with E-state index in [1.54, 1.807) is 0 Å². The summed E-state index contributed by atoms with van der Waals surface area (Å²) in [5.74, 6) is -0.0404. The number of Topliss-reactive ketones (excluding diaryl/α,β-unsaturated/α-hetero) is 1. The van der Waals surface area contributed by atoms with Crippen LogP contribution >= 0.6 is 0 Å². The average Bonchev–Trinajstić information content (AvgIpc) is 3.22. The summed E-state index contributed by atoms with van der Waals surface area (Å²) in [6.45, 7) is 1.72. The number of aliphatic hydroxyl groups excluding tert-OH is 1. The predicted molar refractivity (Wildman–Crippen MR) is 163 cm³/mol. The highest BCUT2D eigenvalue weighted by Crippen LogP contribution is 2.35. The van der Waals surface area contributed by atoms with Crippen molar-refractivity contribution in [1.82, 2.24) is 0 Å². The second-order valence-electron chi connectivity index (χ2n) is 11.8. The molecule has 3 aliphatic heterocycles. The molecule has 0 spiro atoms. The molecule has 234 valence electrons. The molecule has 8 heteroatoms. The van der Waals surface area contributed by atoms with Gasteiger partial charge >= 0.3 is 0 Å². The number of fused-ring (bicyclic) bond motifs is 1. The molecule has 0 aliphatic carbocycles. The minimum atomic E-state index is -0.740. The molecule has 3 saturated heterocycles. The van der Waals surface area contributed by atoms with Gasteiger partial charge in [-0.1, -0.05) is 91.0 Å². The molecule has 1 N–H and O–H groups in total. The Kier molecular flexibility index (Phi) is 10.8. The van der Waals surface area contributed by atoms with Crippen LogP contribution in [0.2, 0.25) is 0 Å². The van der Waals surface area contributed by atoms with Gasteiger partial charge in [-0.25, -0.2) is 0 Å². The molecule has 8 nitrogen and oxygen atoms in total. The second kappa shape index (κ2) is 15.4. The van der Waals surface area contributed by atoms with Gasteiger partial charge in [-0.05, 0) is 30.4 Å². The highest BCUT2D eigenvalue weighted by molar-refractivity contribution is 5.84. The van der Waals surface area contributed by atoms with Crippen LogP contribution in [-0.2, 0) is 46.4 Å². The van der Waals surface area contributed by atoms with Gasteiger partial charge in [0, 0.05) is 25.0 Å². The van der Waals surface area contributed by atoms with Crippen molar-refractivity contribution in [3.05, 3.63) is 108 Å². The first-order chi connectivity index (χ1) is 21.6. The number of ether oxygens (including phenoxy) is 6. The van der Waals surface area contributed by atoms with E-state index in [9.17, 15) is 9.90 Å². The molecule has 0 radical (unpaired) electrons. The lowest BCUT2D eigenvalue weighted by Crippen LogP contribution is -2.49. The summed E-state index contributed by atoms with van der Waals surface area (Å²) < 4.78 is 37.3. The lowest BCUT2D eigenvalue weighted by molar-refractivity contribution is -0.272. The average molecular weight is 603 g/mol. The van der Waals surface area contributed by atoms with Crippen molar-refractivity contribution in [2.45, 2.75) is 94.3 Å². The number of rotatable bonds is 11. The Labute approximate surface area is 259 Å². The minimum absolute atomic E-state index is 0.0404. The number of hydrogen-bond acceptors (Lipinski definition) is 8. The molecule has 3 fully saturated rings. The van der Waals surface area contributed by atoms with Crippen LogP contribution in [0.15, 0.2) is 91.0 Å². The molecule has 3 heterocycles. The molecule has 3 aromatic carbocycles. The molecular formula is C36H42O8. The van der Waals surface area contributed by atoms with Crippen LogP contribution in [0, 0.1) is 0 Å². The van der Waals surface area contributed by atoms with Gasteiger partial charge in [-0.2, -0.15) is 0 Å². The Morgan fingerprint density at radius 1 is 0.750 bits per heavy atom. The number of aliphatic hydroxyl groups is 1. The fourth-order valence-corrected chi connectivity index (χ4v) is 6.18. The lowest BCUT2D eigenvalue weighted by atomic mass is 9.93. The summed E-state index contributed by atoms with van der Waals surface area (Å²) in [6, 6.07) is 29.8. The lowest BCUT2D eigenvalue weighted by Gasteiger charge is -2.39. The zero-order valence-corrected chi connectivity index (χ0v) is 24.9. The van der Waals surface area contributed by atoms with Crippen molar-refractivity contribution in [1.29, 1.82) is 0 Å². The third kappa shape index (κ3) is 8.20. The van der Waals surface area contributed by atoms with Crippen LogP contribution in [0.1, 0.15) is 55.1 Å². The van der Waals surface area contributed by atoms with E-state index >= 15 is 0 Å². The van der Waals surface area contributed by atoms with Crippen LogP contribution in [0.5, 0.6) is 0 Å². The van der Waals surface area contributed by atoms with Crippen molar-refractivity contribution in [3.8, 4) is 0 Å². The molecule has 3 aromatic rings. The topological polar surface area (TPSA) is 92.7 Å². The van der Waals surface area contributed by atoms with Gasteiger partial charge in [0.15, 0.2) is 12.1 Å². The zero-order chi connectivity index (χ0) is 30.1. The first-order valence-corrected chi connectivity index (χ1v) is 15.7. The highest BCUT2D eigenvalue weighted by atomic mass is 16.7. The normalized spacial score (nSPS) is 30.8. The zero-order valence-electron chi connectivity index (χ0n) is 24.9. The van der Waals surface area contributed by atoms with E-state index in [1.807, 2.05) is 91.0 Å². The Balaban J connectivity index is 1.07. The summed E-state index contributed by atoms with van der Waals surface area (Å²) in [5.41, 5.74) is 3.10.